The lowest BCUT2D eigenvalue weighted by Crippen LogP contribution is -2.03. The van der Waals surface area contributed by atoms with Gasteiger partial charge >= 0.3 is 0 Å². The number of hydrogen-bond acceptors (Lipinski definition) is 3. The van der Waals surface area contributed by atoms with Crippen molar-refractivity contribution in [3.8, 4) is 0 Å². The Hall–Kier alpha value is -1.25. The fraction of sp³-hybridized carbons (Fsp3) is 0.375. The summed E-state index contributed by atoms with van der Waals surface area (Å²) in [7, 11) is 0. The number of Topliss-reactive ketones (excluding diaryl/α,β-unsaturated/α-hetero) is 1. The lowest BCUT2D eigenvalue weighted by atomic mass is 10.1. The highest BCUT2D eigenvalue weighted by atomic mass is 16.1. The maximum absolute atomic E-state index is 11.1. The summed E-state index contributed by atoms with van der Waals surface area (Å²) >= 11 is 0. The topological polar surface area (TPSA) is 42.9 Å². The van der Waals surface area contributed by atoms with Crippen molar-refractivity contribution < 1.29 is 4.79 Å². The summed E-state index contributed by atoms with van der Waals surface area (Å²) in [5.74, 6) is 0.0515. The van der Waals surface area contributed by atoms with E-state index < -0.39 is 0 Å². The lowest BCUT2D eigenvalue weighted by Gasteiger charge is -1.97. The van der Waals surface area contributed by atoms with Gasteiger partial charge in [0.2, 0.25) is 0 Å². The summed E-state index contributed by atoms with van der Waals surface area (Å²) in [4.78, 5) is 11.1. The minimum Gasteiger partial charge on any atom is -0.292 e. The molecule has 1 aromatic heterocycles. The van der Waals surface area contributed by atoms with Crippen LogP contribution in [0.5, 0.6) is 0 Å². The van der Waals surface area contributed by atoms with Gasteiger partial charge in [-0.2, -0.15) is 5.10 Å². The Morgan fingerprint density at radius 2 is 2.36 bits per heavy atom. The Morgan fingerprint density at radius 1 is 1.64 bits per heavy atom. The average molecular weight is 150 g/mol. The number of aromatic nitrogens is 2. The molecule has 0 amide bonds. The third-order valence-electron chi connectivity index (χ3n) is 1.51. The maximum Gasteiger partial charge on any atom is 0.183 e. The van der Waals surface area contributed by atoms with Gasteiger partial charge in [0.25, 0.3) is 0 Å². The van der Waals surface area contributed by atoms with Crippen LogP contribution >= 0.6 is 0 Å². The molecule has 0 atom stereocenters. The minimum absolute atomic E-state index is 0.0515. The quantitative estimate of drug-likeness (QED) is 0.598. The second-order valence-corrected chi connectivity index (χ2v) is 2.34. The van der Waals surface area contributed by atoms with Gasteiger partial charge in [0.05, 0.1) is 0 Å². The van der Waals surface area contributed by atoms with Crippen LogP contribution in [-0.2, 0) is 0 Å². The first-order chi connectivity index (χ1) is 5.25. The molecule has 1 heterocycles. The normalized spacial score (nSPS) is 9.64. The molecule has 0 spiro atoms. The lowest BCUT2D eigenvalue weighted by molar-refractivity contribution is 0.0981. The van der Waals surface area contributed by atoms with Crippen LogP contribution in [0.15, 0.2) is 12.3 Å². The van der Waals surface area contributed by atoms with Gasteiger partial charge < -0.3 is 0 Å². The monoisotopic (exact) mass is 150 g/mol. The number of ketones is 1. The molecule has 1 rings (SSSR count). The molecular formula is C8H10N2O. The second-order valence-electron chi connectivity index (χ2n) is 2.34. The predicted octanol–water partition coefficient (Wildman–Crippen LogP) is 1.38. The second kappa shape index (κ2) is 3.23. The molecule has 0 saturated carbocycles. The van der Waals surface area contributed by atoms with Gasteiger partial charge in [0, 0.05) is 12.6 Å². The number of hydrogen-bond donors (Lipinski definition) is 0. The van der Waals surface area contributed by atoms with E-state index >= 15 is 0 Å². The van der Waals surface area contributed by atoms with Crippen LogP contribution in [-0.4, -0.2) is 16.0 Å². The first kappa shape index (κ1) is 7.85. The largest absolute Gasteiger partial charge is 0.292 e. The molecule has 0 radical (unpaired) electrons. The molecule has 1 aromatic rings. The third-order valence-corrected chi connectivity index (χ3v) is 1.51. The Labute approximate surface area is 65.5 Å². The summed E-state index contributed by atoms with van der Waals surface area (Å²) in [6.07, 6.45) is 2.07. The van der Waals surface area contributed by atoms with Gasteiger partial charge in [-0.25, -0.2) is 0 Å². The molecule has 0 aliphatic carbocycles. The van der Waals surface area contributed by atoms with Gasteiger partial charge in [0.1, 0.15) is 5.69 Å². The first-order valence-electron chi connectivity index (χ1n) is 3.57. The van der Waals surface area contributed by atoms with Crippen molar-refractivity contribution in [2.24, 2.45) is 0 Å². The molecule has 0 saturated heterocycles. The van der Waals surface area contributed by atoms with Crippen LogP contribution in [0.3, 0.4) is 0 Å². The minimum atomic E-state index is 0.0515. The highest BCUT2D eigenvalue weighted by Crippen LogP contribution is 2.03. The maximum atomic E-state index is 11.1. The highest BCUT2D eigenvalue weighted by Gasteiger charge is 2.06. The predicted molar refractivity (Wildman–Crippen MR) is 41.4 cm³/mol. The van der Waals surface area contributed by atoms with Crippen molar-refractivity contribution in [3.05, 3.63) is 23.5 Å². The molecule has 0 bridgehead atoms. The van der Waals surface area contributed by atoms with Crippen LogP contribution in [0, 0.1) is 6.92 Å². The van der Waals surface area contributed by atoms with Gasteiger partial charge in [0.15, 0.2) is 5.78 Å². The van der Waals surface area contributed by atoms with E-state index in [0.29, 0.717) is 12.1 Å². The number of carbonyl (C=O) groups is 1. The summed E-state index contributed by atoms with van der Waals surface area (Å²) < 4.78 is 0. The smallest absolute Gasteiger partial charge is 0.183 e. The molecule has 11 heavy (non-hydrogen) atoms. The fourth-order valence-corrected chi connectivity index (χ4v) is 0.837. The Balaban J connectivity index is 3.03. The Kier molecular flexibility index (Phi) is 2.31. The van der Waals surface area contributed by atoms with E-state index in [4.69, 9.17) is 0 Å². The van der Waals surface area contributed by atoms with Crippen LogP contribution in [0.25, 0.3) is 0 Å². The van der Waals surface area contributed by atoms with E-state index in [0.717, 1.165) is 5.56 Å². The zero-order valence-electron chi connectivity index (χ0n) is 6.66. The molecule has 0 aliphatic rings. The zero-order chi connectivity index (χ0) is 8.27. The molecule has 0 N–H and O–H groups in total. The van der Waals surface area contributed by atoms with Crippen molar-refractivity contribution in [2.75, 3.05) is 0 Å². The summed E-state index contributed by atoms with van der Waals surface area (Å²) in [6.45, 7) is 3.67. The molecule has 0 aromatic carbocycles. The average Bonchev–Trinajstić information content (AvgIpc) is 2.04. The van der Waals surface area contributed by atoms with Gasteiger partial charge in [-0.05, 0) is 18.6 Å². The van der Waals surface area contributed by atoms with Crippen molar-refractivity contribution in [2.45, 2.75) is 20.3 Å². The highest BCUT2D eigenvalue weighted by molar-refractivity contribution is 5.95. The van der Waals surface area contributed by atoms with E-state index in [9.17, 15) is 4.79 Å². The number of rotatable bonds is 2. The summed E-state index contributed by atoms with van der Waals surface area (Å²) in [6, 6.07) is 1.79. The molecule has 58 valence electrons. The van der Waals surface area contributed by atoms with Crippen LogP contribution in [0.1, 0.15) is 29.4 Å². The molecule has 0 fully saturated rings. The van der Waals surface area contributed by atoms with Gasteiger partial charge in [-0.1, -0.05) is 6.92 Å². The van der Waals surface area contributed by atoms with E-state index in [1.807, 2.05) is 13.8 Å². The summed E-state index contributed by atoms with van der Waals surface area (Å²) in [5.41, 5.74) is 1.39. The Bertz CT molecular complexity index is 271. The van der Waals surface area contributed by atoms with Crippen molar-refractivity contribution in [3.63, 3.8) is 0 Å². The van der Waals surface area contributed by atoms with Gasteiger partial charge in [-0.15, -0.1) is 5.10 Å². The van der Waals surface area contributed by atoms with Crippen LogP contribution in [0.2, 0.25) is 0 Å². The van der Waals surface area contributed by atoms with Crippen molar-refractivity contribution in [1.82, 2.24) is 10.2 Å². The van der Waals surface area contributed by atoms with E-state index in [-0.39, 0.29) is 5.78 Å². The number of aryl methyl sites for hydroxylation is 1. The molecule has 3 nitrogen and oxygen atoms in total. The van der Waals surface area contributed by atoms with Crippen molar-refractivity contribution >= 4 is 5.78 Å². The molecule has 0 unspecified atom stereocenters. The van der Waals surface area contributed by atoms with E-state index in [1.165, 1.54) is 0 Å². The fourth-order valence-electron chi connectivity index (χ4n) is 0.837. The molecule has 0 aliphatic heterocycles. The summed E-state index contributed by atoms with van der Waals surface area (Å²) in [5, 5.41) is 7.39. The number of nitrogens with zero attached hydrogens (tertiary/aromatic N) is 2. The van der Waals surface area contributed by atoms with E-state index in [2.05, 4.69) is 10.2 Å². The van der Waals surface area contributed by atoms with Crippen molar-refractivity contribution in [1.29, 1.82) is 0 Å². The standard InChI is InChI=1S/C8H10N2O/c1-3-7(11)8-6(2)4-5-9-10-8/h4-5H,3H2,1-2H3. The zero-order valence-corrected chi connectivity index (χ0v) is 6.66. The van der Waals surface area contributed by atoms with Crippen LogP contribution < -0.4 is 0 Å². The van der Waals surface area contributed by atoms with Crippen LogP contribution in [0.4, 0.5) is 0 Å². The third kappa shape index (κ3) is 1.61. The Morgan fingerprint density at radius 3 is 2.91 bits per heavy atom. The number of carbonyl (C=O) groups excluding carboxylic acids is 1. The van der Waals surface area contributed by atoms with Gasteiger partial charge in [-0.3, -0.25) is 4.79 Å². The van der Waals surface area contributed by atoms with E-state index in [1.54, 1.807) is 12.3 Å². The SMILES string of the molecule is CCC(=O)c1nnccc1C. The molecular weight excluding hydrogens is 140 g/mol. The first-order valence-corrected chi connectivity index (χ1v) is 3.57. The molecule has 3 heteroatoms.